The van der Waals surface area contributed by atoms with Gasteiger partial charge in [-0.05, 0) is 86.1 Å². The maximum absolute atomic E-state index is 5.91. The van der Waals surface area contributed by atoms with Crippen LogP contribution in [0.3, 0.4) is 0 Å². The molecule has 1 N–H and O–H groups in total. The summed E-state index contributed by atoms with van der Waals surface area (Å²) < 4.78 is 7.77. The third-order valence-corrected chi connectivity index (χ3v) is 7.14. The summed E-state index contributed by atoms with van der Waals surface area (Å²) in [5.74, 6) is 0.837. The van der Waals surface area contributed by atoms with Crippen molar-refractivity contribution in [3.63, 3.8) is 0 Å². The molecule has 1 fully saturated rings. The van der Waals surface area contributed by atoms with Gasteiger partial charge in [-0.15, -0.1) is 0 Å². The largest absolute Gasteiger partial charge is 0.497 e. The van der Waals surface area contributed by atoms with Crippen LogP contribution in [0.15, 0.2) is 79.0 Å². The van der Waals surface area contributed by atoms with Crippen LogP contribution >= 0.6 is 12.2 Å². The van der Waals surface area contributed by atoms with Gasteiger partial charge in [-0.3, -0.25) is 4.98 Å². The van der Waals surface area contributed by atoms with Crippen molar-refractivity contribution >= 4 is 23.0 Å². The summed E-state index contributed by atoms with van der Waals surface area (Å²) in [6.07, 6.45) is 2.85. The molecular formula is C29H30N4OS. The van der Waals surface area contributed by atoms with Crippen molar-refractivity contribution < 1.29 is 4.74 Å². The number of thiocarbonyl (C=S) groups is 1. The average Bonchev–Trinajstić information content (AvgIpc) is 3.39. The topological polar surface area (TPSA) is 42.3 Å². The third-order valence-electron chi connectivity index (χ3n) is 6.82. The molecule has 0 radical (unpaired) electrons. The third kappa shape index (κ3) is 4.19. The molecule has 0 spiro atoms. The van der Waals surface area contributed by atoms with Crippen LogP contribution in [0, 0.1) is 13.8 Å². The lowest BCUT2D eigenvalue weighted by Gasteiger charge is -2.28. The molecule has 1 aliphatic rings. The predicted molar refractivity (Wildman–Crippen MR) is 146 cm³/mol. The smallest absolute Gasteiger partial charge is 0.174 e. The van der Waals surface area contributed by atoms with E-state index < -0.39 is 0 Å². The number of aromatic nitrogens is 2. The lowest BCUT2D eigenvalue weighted by Crippen LogP contribution is -2.29. The molecule has 6 heteroatoms. The van der Waals surface area contributed by atoms with E-state index in [1.807, 2.05) is 30.5 Å². The second-order valence-electron chi connectivity index (χ2n) is 8.88. The zero-order valence-corrected chi connectivity index (χ0v) is 21.3. The number of hydrogen-bond donors (Lipinski definition) is 1. The highest BCUT2D eigenvalue weighted by Gasteiger charge is 2.42. The molecule has 35 heavy (non-hydrogen) atoms. The second-order valence-corrected chi connectivity index (χ2v) is 9.27. The standard InChI is InChI=1S/C29H30N4OS/c1-5-21-12-14-22(15-13-21)33-28(27(31-29(33)35)26-11-6-7-16-30-26)25-17-19(2)32(20(25)3)23-9-8-10-24(18-23)34-4/h6-18,27-28H,5H2,1-4H3,(H,31,35)/t27-,28-/m1/s1. The van der Waals surface area contributed by atoms with E-state index in [9.17, 15) is 0 Å². The quantitative estimate of drug-likeness (QED) is 0.330. The molecule has 5 rings (SSSR count). The van der Waals surface area contributed by atoms with Crippen LogP contribution in [0.4, 0.5) is 5.69 Å². The first-order valence-electron chi connectivity index (χ1n) is 11.9. The number of rotatable bonds is 6. The van der Waals surface area contributed by atoms with Crippen molar-refractivity contribution in [2.24, 2.45) is 0 Å². The Morgan fingerprint density at radius 1 is 0.971 bits per heavy atom. The number of anilines is 1. The fourth-order valence-electron chi connectivity index (χ4n) is 5.08. The predicted octanol–water partition coefficient (Wildman–Crippen LogP) is 6.24. The number of nitrogens with zero attached hydrogens (tertiary/aromatic N) is 3. The van der Waals surface area contributed by atoms with E-state index in [1.165, 1.54) is 16.8 Å². The lowest BCUT2D eigenvalue weighted by molar-refractivity contribution is 0.414. The van der Waals surface area contributed by atoms with Crippen LogP contribution in [0.25, 0.3) is 5.69 Å². The maximum Gasteiger partial charge on any atom is 0.174 e. The Labute approximate surface area is 212 Å². The minimum atomic E-state index is -0.0752. The Morgan fingerprint density at radius 2 is 1.77 bits per heavy atom. The van der Waals surface area contributed by atoms with Crippen molar-refractivity contribution in [3.8, 4) is 11.4 Å². The first-order valence-corrected chi connectivity index (χ1v) is 12.4. The summed E-state index contributed by atoms with van der Waals surface area (Å²) in [6.45, 7) is 6.49. The van der Waals surface area contributed by atoms with Gasteiger partial charge in [0, 0.05) is 35.0 Å². The van der Waals surface area contributed by atoms with Gasteiger partial charge in [-0.25, -0.2) is 0 Å². The molecule has 2 aromatic carbocycles. The Morgan fingerprint density at radius 3 is 2.46 bits per heavy atom. The van der Waals surface area contributed by atoms with Gasteiger partial charge in [-0.1, -0.05) is 31.2 Å². The second kappa shape index (κ2) is 9.55. The number of nitrogens with one attached hydrogen (secondary N) is 1. The first-order chi connectivity index (χ1) is 17.0. The number of benzene rings is 2. The van der Waals surface area contributed by atoms with Crippen molar-refractivity contribution in [3.05, 3.63) is 107 Å². The molecule has 0 bridgehead atoms. The summed E-state index contributed by atoms with van der Waals surface area (Å²) in [7, 11) is 1.70. The molecular weight excluding hydrogens is 452 g/mol. The van der Waals surface area contributed by atoms with E-state index in [2.05, 4.69) is 84.1 Å². The molecule has 2 aromatic heterocycles. The summed E-state index contributed by atoms with van der Waals surface area (Å²) in [5.41, 5.74) is 7.97. The molecule has 1 aliphatic heterocycles. The van der Waals surface area contributed by atoms with Gasteiger partial charge < -0.3 is 19.5 Å². The monoisotopic (exact) mass is 482 g/mol. The Kier molecular flexibility index (Phi) is 6.31. The molecule has 0 amide bonds. The molecule has 3 heterocycles. The van der Waals surface area contributed by atoms with E-state index in [-0.39, 0.29) is 12.1 Å². The number of hydrogen-bond acceptors (Lipinski definition) is 3. The summed E-state index contributed by atoms with van der Waals surface area (Å²) >= 11 is 5.91. The number of aryl methyl sites for hydroxylation is 2. The van der Waals surface area contributed by atoms with E-state index in [0.29, 0.717) is 5.11 Å². The minimum absolute atomic E-state index is 0.0459. The normalized spacial score (nSPS) is 17.5. The zero-order chi connectivity index (χ0) is 24.5. The number of methoxy groups -OCH3 is 1. The summed E-state index contributed by atoms with van der Waals surface area (Å²) in [6, 6.07) is 25.1. The molecule has 0 saturated carbocycles. The van der Waals surface area contributed by atoms with Gasteiger partial charge in [0.15, 0.2) is 5.11 Å². The van der Waals surface area contributed by atoms with Gasteiger partial charge in [0.1, 0.15) is 5.75 Å². The fourth-order valence-corrected chi connectivity index (χ4v) is 5.42. The lowest BCUT2D eigenvalue weighted by atomic mass is 9.96. The van der Waals surface area contributed by atoms with E-state index in [1.54, 1.807) is 7.11 Å². The van der Waals surface area contributed by atoms with Gasteiger partial charge >= 0.3 is 0 Å². The van der Waals surface area contributed by atoms with Gasteiger partial charge in [0.2, 0.25) is 0 Å². The van der Waals surface area contributed by atoms with Crippen molar-refractivity contribution in [2.45, 2.75) is 39.3 Å². The molecule has 4 aromatic rings. The van der Waals surface area contributed by atoms with E-state index in [4.69, 9.17) is 21.9 Å². The number of ether oxygens (including phenoxy) is 1. The maximum atomic E-state index is 5.91. The molecule has 178 valence electrons. The van der Waals surface area contributed by atoms with Crippen LogP contribution in [0.1, 0.15) is 47.2 Å². The molecule has 0 aliphatic carbocycles. The summed E-state index contributed by atoms with van der Waals surface area (Å²) in [4.78, 5) is 6.94. The zero-order valence-electron chi connectivity index (χ0n) is 20.5. The molecule has 1 saturated heterocycles. The van der Waals surface area contributed by atoms with Gasteiger partial charge in [-0.2, -0.15) is 0 Å². The summed E-state index contributed by atoms with van der Waals surface area (Å²) in [5, 5.41) is 4.28. The fraction of sp³-hybridized carbons (Fsp3) is 0.241. The minimum Gasteiger partial charge on any atom is -0.497 e. The van der Waals surface area contributed by atoms with E-state index in [0.717, 1.165) is 34.9 Å². The van der Waals surface area contributed by atoms with Crippen LogP contribution in [0.5, 0.6) is 5.75 Å². The van der Waals surface area contributed by atoms with Crippen molar-refractivity contribution in [1.82, 2.24) is 14.9 Å². The van der Waals surface area contributed by atoms with Crippen LogP contribution in [0.2, 0.25) is 0 Å². The van der Waals surface area contributed by atoms with Crippen LogP contribution < -0.4 is 15.0 Å². The highest BCUT2D eigenvalue weighted by Crippen LogP contribution is 2.43. The molecule has 2 atom stereocenters. The molecule has 0 unspecified atom stereocenters. The molecule has 5 nitrogen and oxygen atoms in total. The van der Waals surface area contributed by atoms with Crippen LogP contribution in [-0.2, 0) is 6.42 Å². The van der Waals surface area contributed by atoms with Crippen molar-refractivity contribution in [1.29, 1.82) is 0 Å². The Balaban J connectivity index is 1.66. The van der Waals surface area contributed by atoms with E-state index >= 15 is 0 Å². The van der Waals surface area contributed by atoms with Gasteiger partial charge in [0.05, 0.1) is 24.9 Å². The van der Waals surface area contributed by atoms with Crippen LogP contribution in [-0.4, -0.2) is 21.8 Å². The average molecular weight is 483 g/mol. The van der Waals surface area contributed by atoms with Crippen molar-refractivity contribution in [2.75, 3.05) is 12.0 Å². The Hall–Kier alpha value is -3.64. The SMILES string of the molecule is CCc1ccc(N2C(=S)N[C@H](c3ccccn3)[C@H]2c2cc(C)n(-c3cccc(OC)c3)c2C)cc1. The van der Waals surface area contributed by atoms with Gasteiger partial charge in [0.25, 0.3) is 0 Å². The highest BCUT2D eigenvalue weighted by molar-refractivity contribution is 7.80. The highest BCUT2D eigenvalue weighted by atomic mass is 32.1. The first kappa shape index (κ1) is 23.1. The number of pyridine rings is 1. The Bertz CT molecular complexity index is 1350.